The highest BCUT2D eigenvalue weighted by Gasteiger charge is 2.43. The first-order valence-electron chi connectivity index (χ1n) is 4.31. The van der Waals surface area contributed by atoms with Gasteiger partial charge < -0.3 is 5.11 Å². The van der Waals surface area contributed by atoms with E-state index in [2.05, 4.69) is 11.6 Å². The van der Waals surface area contributed by atoms with Crippen LogP contribution in [0.1, 0.15) is 11.5 Å². The van der Waals surface area contributed by atoms with Crippen LogP contribution in [0, 0.1) is 29.1 Å². The van der Waals surface area contributed by atoms with Crippen molar-refractivity contribution < 1.29 is 35.8 Å². The molecule has 1 aromatic rings. The van der Waals surface area contributed by atoms with Crippen LogP contribution >= 0.6 is 11.6 Å². The highest BCUT2D eigenvalue weighted by molar-refractivity contribution is 6.22. The Bertz CT molecular complexity index is 442. The van der Waals surface area contributed by atoms with Crippen LogP contribution in [-0.2, 0) is 0 Å². The zero-order valence-corrected chi connectivity index (χ0v) is 9.01. The number of aliphatic hydroxyl groups is 1. The zero-order chi connectivity index (χ0) is 14.2. The molecule has 1 aromatic carbocycles. The van der Waals surface area contributed by atoms with Gasteiger partial charge in [0.1, 0.15) is 0 Å². The normalized spacial score (nSPS) is 13.8. The molecule has 0 radical (unpaired) electrons. The van der Waals surface area contributed by atoms with Gasteiger partial charge in [-0.05, 0) is 11.6 Å². The Morgan fingerprint density at radius 1 is 0.889 bits per heavy atom. The Balaban J connectivity index is 3.59. The lowest BCUT2D eigenvalue weighted by Crippen LogP contribution is -2.26. The van der Waals surface area contributed by atoms with E-state index in [1.807, 2.05) is 0 Å². The van der Waals surface area contributed by atoms with Crippen LogP contribution in [0.2, 0.25) is 0 Å². The van der Waals surface area contributed by atoms with Crippen LogP contribution in [0.4, 0.5) is 30.7 Å². The number of hydrogen-bond donors (Lipinski definition) is 1. The first kappa shape index (κ1) is 15.0. The van der Waals surface area contributed by atoms with Gasteiger partial charge in [-0.2, -0.15) is 8.78 Å². The van der Waals surface area contributed by atoms with E-state index in [0.29, 0.717) is 0 Å². The van der Waals surface area contributed by atoms with Gasteiger partial charge in [0, 0.05) is 5.56 Å². The third kappa shape index (κ3) is 2.39. The summed E-state index contributed by atoms with van der Waals surface area (Å²) in [5, 5.41) is 4.20. The zero-order valence-electron chi connectivity index (χ0n) is 8.26. The Labute approximate surface area is 101 Å². The lowest BCUT2D eigenvalue weighted by atomic mass is 9.98. The molecule has 0 heterocycles. The number of rotatable bonds is 3. The number of hydrogen-bond acceptors (Lipinski definition) is 1. The van der Waals surface area contributed by atoms with Crippen LogP contribution < -0.4 is 0 Å². The molecule has 1 rings (SSSR count). The summed E-state index contributed by atoms with van der Waals surface area (Å²) in [6.45, 7) is -1.60. The minimum Gasteiger partial charge on any atom is -0.395 e. The highest BCUT2D eigenvalue weighted by Crippen LogP contribution is 2.40. The second kappa shape index (κ2) is 4.93. The molecule has 0 aliphatic heterocycles. The predicted octanol–water partition coefficient (Wildman–Crippen LogP) is 3.29. The maximum atomic E-state index is 13.1. The lowest BCUT2D eigenvalue weighted by molar-refractivity contribution is 0.0344. The van der Waals surface area contributed by atoms with Gasteiger partial charge in [-0.25, -0.2) is 22.0 Å². The smallest absolute Gasteiger partial charge is 0.330 e. The second-order valence-corrected chi connectivity index (χ2v) is 3.76. The molecule has 0 fully saturated rings. The third-order valence-corrected chi connectivity index (χ3v) is 2.43. The van der Waals surface area contributed by atoms with Gasteiger partial charge in [0.05, 0.1) is 12.5 Å². The number of benzene rings is 1. The molecule has 0 aliphatic rings. The van der Waals surface area contributed by atoms with Gasteiger partial charge in [-0.1, -0.05) is 0 Å². The quantitative estimate of drug-likeness (QED) is 0.393. The van der Waals surface area contributed by atoms with Gasteiger partial charge in [-0.15, -0.1) is 0 Å². The van der Waals surface area contributed by atoms with E-state index in [-0.39, 0.29) is 0 Å². The Kier molecular flexibility index (Phi) is 4.12. The van der Waals surface area contributed by atoms with Crippen molar-refractivity contribution in [2.45, 2.75) is 11.3 Å². The molecule has 9 heteroatoms. The highest BCUT2D eigenvalue weighted by atomic mass is 35.5. The van der Waals surface area contributed by atoms with Crippen LogP contribution in [0.15, 0.2) is 0 Å². The van der Waals surface area contributed by atoms with Crippen molar-refractivity contribution in [3.8, 4) is 0 Å². The molecule has 1 N–H and O–H groups in total. The van der Waals surface area contributed by atoms with E-state index in [0.717, 1.165) is 0 Å². The van der Waals surface area contributed by atoms with Crippen LogP contribution in [0.25, 0.3) is 0 Å². The fourth-order valence-electron chi connectivity index (χ4n) is 1.29. The molecule has 1 nitrogen and oxygen atoms in total. The van der Waals surface area contributed by atoms with E-state index < -0.39 is 52.6 Å². The van der Waals surface area contributed by atoms with Crippen molar-refractivity contribution in [2.24, 2.45) is 0 Å². The van der Waals surface area contributed by atoms with Crippen molar-refractivity contribution >= 4 is 11.6 Å². The molecule has 0 saturated heterocycles. The van der Waals surface area contributed by atoms with Crippen molar-refractivity contribution in [2.75, 3.05) is 6.61 Å². The Morgan fingerprint density at radius 3 is 1.50 bits per heavy atom. The Hall–Kier alpha value is -1.02. The van der Waals surface area contributed by atoms with Gasteiger partial charge in [0.25, 0.3) is 0 Å². The predicted molar refractivity (Wildman–Crippen MR) is 46.9 cm³/mol. The fraction of sp³-hybridized carbons (Fsp3) is 0.333. The maximum absolute atomic E-state index is 13.1. The van der Waals surface area contributed by atoms with E-state index >= 15 is 0 Å². The molecule has 0 saturated carbocycles. The third-order valence-electron chi connectivity index (χ3n) is 2.17. The largest absolute Gasteiger partial charge is 0.395 e. The first-order chi connectivity index (χ1) is 8.12. The van der Waals surface area contributed by atoms with E-state index in [1.165, 1.54) is 0 Å². The first-order valence-corrected chi connectivity index (χ1v) is 4.69. The van der Waals surface area contributed by atoms with Gasteiger partial charge in [-0.3, -0.25) is 0 Å². The van der Waals surface area contributed by atoms with Crippen molar-refractivity contribution in [1.29, 1.82) is 0 Å². The summed E-state index contributed by atoms with van der Waals surface area (Å²) in [5.41, 5.74) is -1.85. The second-order valence-electron chi connectivity index (χ2n) is 3.26. The molecule has 18 heavy (non-hydrogen) atoms. The van der Waals surface area contributed by atoms with E-state index in [9.17, 15) is 30.7 Å². The molecule has 1 atom stereocenters. The summed E-state index contributed by atoms with van der Waals surface area (Å²) in [7, 11) is 0. The van der Waals surface area contributed by atoms with Crippen LogP contribution in [-0.4, -0.2) is 17.1 Å². The van der Waals surface area contributed by atoms with Crippen LogP contribution in [0.5, 0.6) is 0 Å². The fourth-order valence-corrected chi connectivity index (χ4v) is 1.46. The van der Waals surface area contributed by atoms with Crippen molar-refractivity contribution in [3.63, 3.8) is 0 Å². The number of aliphatic hydroxyl groups excluding tert-OH is 1. The molecule has 1 unspecified atom stereocenters. The van der Waals surface area contributed by atoms with Gasteiger partial charge >= 0.3 is 5.38 Å². The monoisotopic (exact) mass is 296 g/mol. The molecule has 0 aromatic heterocycles. The number of alkyl halides is 3. The summed E-state index contributed by atoms with van der Waals surface area (Å²) in [4.78, 5) is 0. The minimum atomic E-state index is -4.38. The standard InChI is InChI=1S/C9H4ClF7O/c10-9(16,17)2(1-18)3-4(11)6(13)8(15)7(14)5(3)12/h2,18H,1H2. The topological polar surface area (TPSA) is 20.2 Å². The van der Waals surface area contributed by atoms with Crippen molar-refractivity contribution in [1.82, 2.24) is 0 Å². The molecule has 0 aliphatic carbocycles. The summed E-state index contributed by atoms with van der Waals surface area (Å²) in [6.07, 6.45) is 0. The molecule has 0 bridgehead atoms. The summed E-state index contributed by atoms with van der Waals surface area (Å²) in [6, 6.07) is 0. The minimum absolute atomic E-state index is 1.60. The molecule has 102 valence electrons. The molecule has 0 spiro atoms. The van der Waals surface area contributed by atoms with Crippen molar-refractivity contribution in [3.05, 3.63) is 34.6 Å². The Morgan fingerprint density at radius 2 is 1.22 bits per heavy atom. The molecular formula is C9H4ClF7O. The molecule has 0 amide bonds. The number of halogens is 8. The summed E-state index contributed by atoms with van der Waals surface area (Å²) in [5.74, 6) is -14.9. The average molecular weight is 297 g/mol. The SMILES string of the molecule is OCC(c1c(F)c(F)c(F)c(F)c1F)C(F)(F)Cl. The maximum Gasteiger partial charge on any atom is 0.330 e. The van der Waals surface area contributed by atoms with E-state index in [4.69, 9.17) is 5.11 Å². The van der Waals surface area contributed by atoms with Gasteiger partial charge in [0.15, 0.2) is 23.3 Å². The van der Waals surface area contributed by atoms with Gasteiger partial charge in [0.2, 0.25) is 5.82 Å². The lowest BCUT2D eigenvalue weighted by Gasteiger charge is -2.21. The average Bonchev–Trinajstić information content (AvgIpc) is 2.27. The summed E-state index contributed by atoms with van der Waals surface area (Å²) < 4.78 is 89.9. The van der Waals surface area contributed by atoms with Crippen LogP contribution in [0.3, 0.4) is 0 Å². The summed E-state index contributed by atoms with van der Waals surface area (Å²) >= 11 is 4.46. The molecular weight excluding hydrogens is 293 g/mol. The van der Waals surface area contributed by atoms with E-state index in [1.54, 1.807) is 0 Å².